The molecule has 0 saturated carbocycles. The number of Topliss-reactive ketones (excluding diaryl/α,β-unsaturated/α-hetero) is 1. The van der Waals surface area contributed by atoms with Gasteiger partial charge in [-0.3, -0.25) is 14.4 Å². The molecule has 0 bridgehead atoms. The normalized spacial score (nSPS) is 17.6. The molecule has 5 nitrogen and oxygen atoms in total. The molecule has 170 valence electrons. The van der Waals surface area contributed by atoms with Crippen LogP contribution in [0.3, 0.4) is 0 Å². The van der Waals surface area contributed by atoms with Crippen molar-refractivity contribution in [2.75, 3.05) is 13.1 Å². The van der Waals surface area contributed by atoms with E-state index in [0.29, 0.717) is 31.0 Å². The highest BCUT2D eigenvalue weighted by Crippen LogP contribution is 2.33. The number of amides is 2. The van der Waals surface area contributed by atoms with Gasteiger partial charge >= 0.3 is 0 Å². The van der Waals surface area contributed by atoms with Crippen molar-refractivity contribution < 1.29 is 14.4 Å². The van der Waals surface area contributed by atoms with E-state index in [4.69, 9.17) is 11.6 Å². The van der Waals surface area contributed by atoms with Gasteiger partial charge in [0.1, 0.15) is 5.54 Å². The first-order valence-electron chi connectivity index (χ1n) is 11.1. The molecule has 0 N–H and O–H groups in total. The number of hydrogen-bond acceptors (Lipinski definition) is 3. The van der Waals surface area contributed by atoms with Crippen LogP contribution in [0.4, 0.5) is 0 Å². The van der Waals surface area contributed by atoms with Gasteiger partial charge in [0.25, 0.3) is 0 Å². The zero-order valence-corrected chi connectivity index (χ0v) is 20.0. The Hall–Kier alpha value is -2.66. The number of halogens is 1. The molecule has 0 aromatic heterocycles. The van der Waals surface area contributed by atoms with Gasteiger partial charge in [0, 0.05) is 24.5 Å². The average Bonchev–Trinajstić information content (AvgIpc) is 2.71. The lowest BCUT2D eigenvalue weighted by Gasteiger charge is -2.51. The molecule has 32 heavy (non-hydrogen) atoms. The Kier molecular flexibility index (Phi) is 7.40. The Morgan fingerprint density at radius 3 is 2.19 bits per heavy atom. The molecule has 6 heteroatoms. The minimum absolute atomic E-state index is 0.0108. The molecule has 2 aromatic carbocycles. The van der Waals surface area contributed by atoms with Crippen molar-refractivity contribution in [2.45, 2.75) is 59.0 Å². The third-order valence-corrected chi connectivity index (χ3v) is 6.40. The van der Waals surface area contributed by atoms with Crippen LogP contribution < -0.4 is 0 Å². The Labute approximate surface area is 195 Å². The summed E-state index contributed by atoms with van der Waals surface area (Å²) in [5.74, 6) is -0.261. The van der Waals surface area contributed by atoms with Gasteiger partial charge < -0.3 is 9.80 Å². The first-order valence-corrected chi connectivity index (χ1v) is 11.4. The maximum absolute atomic E-state index is 13.6. The Morgan fingerprint density at radius 2 is 1.66 bits per heavy atom. The second kappa shape index (κ2) is 9.86. The molecule has 2 aromatic rings. The van der Waals surface area contributed by atoms with E-state index in [1.165, 1.54) is 0 Å². The zero-order valence-electron chi connectivity index (χ0n) is 19.3. The third kappa shape index (κ3) is 5.39. The zero-order chi connectivity index (χ0) is 23.5. The molecule has 3 rings (SSSR count). The molecule has 0 spiro atoms. The number of likely N-dealkylation sites (tertiary alicyclic amines) is 1. The summed E-state index contributed by atoms with van der Waals surface area (Å²) in [5, 5.41) is 0.616. The van der Waals surface area contributed by atoms with Crippen LogP contribution in [0, 0.1) is 13.8 Å². The van der Waals surface area contributed by atoms with Gasteiger partial charge in [-0.05, 0) is 50.5 Å². The lowest BCUT2D eigenvalue weighted by Crippen LogP contribution is -2.68. The Bertz CT molecular complexity index is 998. The summed E-state index contributed by atoms with van der Waals surface area (Å²) in [5.41, 5.74) is 3.14. The number of rotatable bonds is 8. The van der Waals surface area contributed by atoms with Gasteiger partial charge in [-0.15, -0.1) is 0 Å². The quantitative estimate of drug-likeness (QED) is 0.590. The van der Waals surface area contributed by atoms with Gasteiger partial charge in [0.2, 0.25) is 11.8 Å². The predicted octanol–water partition coefficient (Wildman–Crippen LogP) is 4.50. The van der Waals surface area contributed by atoms with Gasteiger partial charge in [0.15, 0.2) is 5.78 Å². The highest BCUT2D eigenvalue weighted by molar-refractivity contribution is 6.30. The smallest absolute Gasteiger partial charge is 0.249 e. The fourth-order valence-electron chi connectivity index (χ4n) is 4.30. The molecule has 2 amide bonds. The van der Waals surface area contributed by atoms with Crippen LogP contribution in [-0.4, -0.2) is 46.0 Å². The fourth-order valence-corrected chi connectivity index (χ4v) is 4.42. The van der Waals surface area contributed by atoms with E-state index in [-0.39, 0.29) is 30.6 Å². The first-order chi connectivity index (χ1) is 15.1. The summed E-state index contributed by atoms with van der Waals surface area (Å²) < 4.78 is 0. The van der Waals surface area contributed by atoms with Crippen LogP contribution in [0.1, 0.15) is 48.9 Å². The molecule has 0 aliphatic carbocycles. The topological polar surface area (TPSA) is 57.7 Å². The fraction of sp³-hybridized carbons (Fsp3) is 0.423. The molecule has 1 heterocycles. The lowest BCUT2D eigenvalue weighted by molar-refractivity contribution is -0.164. The SMILES string of the molecule is CCC(=O)CN(Cc1ccc(Cl)cc1)C(=O)C1(C)CCN1C(=O)Cc1cc(C)cc(C)c1. The number of nitrogens with zero attached hydrogens (tertiary/aromatic N) is 2. The molecule has 1 saturated heterocycles. The average molecular weight is 455 g/mol. The number of benzene rings is 2. The van der Waals surface area contributed by atoms with Crippen LogP contribution in [0.25, 0.3) is 0 Å². The van der Waals surface area contributed by atoms with E-state index < -0.39 is 5.54 Å². The number of carbonyl (C=O) groups is 3. The summed E-state index contributed by atoms with van der Waals surface area (Å²) in [6.07, 6.45) is 1.20. The first kappa shape index (κ1) is 24.0. The molecule has 1 aliphatic rings. The number of ketones is 1. The third-order valence-electron chi connectivity index (χ3n) is 6.15. The number of hydrogen-bond donors (Lipinski definition) is 0. The summed E-state index contributed by atoms with van der Waals surface area (Å²) in [4.78, 5) is 42.2. The number of aryl methyl sites for hydroxylation is 2. The lowest BCUT2D eigenvalue weighted by atomic mass is 9.84. The molecular formula is C26H31ClN2O3. The molecule has 1 fully saturated rings. The van der Waals surface area contributed by atoms with Crippen LogP contribution in [0.15, 0.2) is 42.5 Å². The van der Waals surface area contributed by atoms with Gasteiger partial charge in [-0.2, -0.15) is 0 Å². The summed E-state index contributed by atoms with van der Waals surface area (Å²) in [6.45, 7) is 8.50. The Balaban J connectivity index is 1.78. The minimum atomic E-state index is -0.934. The van der Waals surface area contributed by atoms with E-state index in [0.717, 1.165) is 22.3 Å². The van der Waals surface area contributed by atoms with Crippen molar-refractivity contribution in [3.05, 3.63) is 69.7 Å². The maximum atomic E-state index is 13.6. The highest BCUT2D eigenvalue weighted by atomic mass is 35.5. The Morgan fingerprint density at radius 1 is 1.03 bits per heavy atom. The highest BCUT2D eigenvalue weighted by Gasteiger charge is 2.51. The van der Waals surface area contributed by atoms with Crippen molar-refractivity contribution in [2.24, 2.45) is 0 Å². The number of carbonyl (C=O) groups excluding carboxylic acids is 3. The minimum Gasteiger partial charge on any atom is -0.329 e. The largest absolute Gasteiger partial charge is 0.329 e. The van der Waals surface area contributed by atoms with E-state index in [9.17, 15) is 14.4 Å². The van der Waals surface area contributed by atoms with Crippen molar-refractivity contribution in [3.63, 3.8) is 0 Å². The summed E-state index contributed by atoms with van der Waals surface area (Å²) >= 11 is 5.98. The van der Waals surface area contributed by atoms with Crippen molar-refractivity contribution in [3.8, 4) is 0 Å². The summed E-state index contributed by atoms with van der Waals surface area (Å²) in [6, 6.07) is 13.3. The van der Waals surface area contributed by atoms with Crippen LogP contribution in [0.5, 0.6) is 0 Å². The maximum Gasteiger partial charge on any atom is 0.249 e. The van der Waals surface area contributed by atoms with Crippen LogP contribution >= 0.6 is 11.6 Å². The van der Waals surface area contributed by atoms with Gasteiger partial charge in [-0.1, -0.05) is 60.0 Å². The standard InChI is InChI=1S/C26H31ClN2O3/c1-5-23(30)17-28(16-20-6-8-22(27)9-7-20)25(32)26(4)10-11-29(26)24(31)15-21-13-18(2)12-19(3)14-21/h6-9,12-14H,5,10-11,15-17H2,1-4H3. The van der Waals surface area contributed by atoms with E-state index in [1.807, 2.05) is 45.0 Å². The summed E-state index contributed by atoms with van der Waals surface area (Å²) in [7, 11) is 0. The van der Waals surface area contributed by atoms with E-state index in [2.05, 4.69) is 6.07 Å². The second-order valence-electron chi connectivity index (χ2n) is 8.92. The van der Waals surface area contributed by atoms with Crippen molar-refractivity contribution >= 4 is 29.2 Å². The molecule has 1 unspecified atom stereocenters. The molecular weight excluding hydrogens is 424 g/mol. The van der Waals surface area contributed by atoms with Crippen molar-refractivity contribution in [1.82, 2.24) is 9.80 Å². The van der Waals surface area contributed by atoms with Crippen LogP contribution in [-0.2, 0) is 27.3 Å². The van der Waals surface area contributed by atoms with Crippen molar-refractivity contribution in [1.29, 1.82) is 0 Å². The molecule has 0 radical (unpaired) electrons. The van der Waals surface area contributed by atoms with Gasteiger partial charge in [-0.25, -0.2) is 0 Å². The second-order valence-corrected chi connectivity index (χ2v) is 9.36. The molecule has 1 atom stereocenters. The van der Waals surface area contributed by atoms with E-state index in [1.54, 1.807) is 28.9 Å². The predicted molar refractivity (Wildman–Crippen MR) is 127 cm³/mol. The van der Waals surface area contributed by atoms with Crippen LogP contribution in [0.2, 0.25) is 5.02 Å². The monoisotopic (exact) mass is 454 g/mol. The molecule has 1 aliphatic heterocycles. The van der Waals surface area contributed by atoms with E-state index >= 15 is 0 Å². The van der Waals surface area contributed by atoms with Gasteiger partial charge in [0.05, 0.1) is 13.0 Å².